The van der Waals surface area contributed by atoms with Crippen LogP contribution in [-0.4, -0.2) is 51.7 Å². The van der Waals surface area contributed by atoms with E-state index in [0.29, 0.717) is 24.2 Å². The van der Waals surface area contributed by atoms with Crippen LogP contribution in [0, 0.1) is 17.1 Å². The Balaban J connectivity index is 1.45. The van der Waals surface area contributed by atoms with Crippen LogP contribution in [-0.2, 0) is 6.54 Å². The number of aromatic nitrogens is 2. The number of amides is 1. The number of carbonyl (C=O) groups is 1. The van der Waals surface area contributed by atoms with Crippen molar-refractivity contribution >= 4 is 5.91 Å². The van der Waals surface area contributed by atoms with Crippen LogP contribution in [0.15, 0.2) is 54.7 Å². The number of nitrogens with zero attached hydrogens (tertiary/aromatic N) is 5. The van der Waals surface area contributed by atoms with Gasteiger partial charge in [0.2, 0.25) is 0 Å². The SMILES string of the molecule is CC(C)c1c(C(=O)N2CCN(Cc3ccc(C#N)cc3)CC2)cnn1-c1ccc(F)cc1. The highest BCUT2D eigenvalue weighted by Crippen LogP contribution is 2.25. The van der Waals surface area contributed by atoms with Gasteiger partial charge in [0.15, 0.2) is 0 Å². The van der Waals surface area contributed by atoms with Crippen molar-refractivity contribution in [2.45, 2.75) is 26.3 Å². The lowest BCUT2D eigenvalue weighted by molar-refractivity contribution is 0.0627. The summed E-state index contributed by atoms with van der Waals surface area (Å²) in [4.78, 5) is 17.5. The molecule has 32 heavy (non-hydrogen) atoms. The number of nitriles is 1. The van der Waals surface area contributed by atoms with Gasteiger partial charge in [-0.3, -0.25) is 9.69 Å². The highest BCUT2D eigenvalue weighted by atomic mass is 19.1. The van der Waals surface area contributed by atoms with E-state index in [1.165, 1.54) is 12.1 Å². The second-order valence-electron chi connectivity index (χ2n) is 8.36. The van der Waals surface area contributed by atoms with Gasteiger partial charge in [0.25, 0.3) is 5.91 Å². The molecule has 1 aromatic heterocycles. The fourth-order valence-electron chi connectivity index (χ4n) is 4.09. The molecular formula is C25H26FN5O. The minimum Gasteiger partial charge on any atom is -0.336 e. The Morgan fingerprint density at radius 1 is 1.06 bits per heavy atom. The Labute approximate surface area is 187 Å². The zero-order valence-electron chi connectivity index (χ0n) is 18.3. The van der Waals surface area contributed by atoms with E-state index < -0.39 is 0 Å². The van der Waals surface area contributed by atoms with Crippen molar-refractivity contribution in [3.05, 3.63) is 82.9 Å². The molecule has 0 N–H and O–H groups in total. The fraction of sp³-hybridized carbons (Fsp3) is 0.320. The average Bonchev–Trinajstić information content (AvgIpc) is 3.26. The molecule has 2 aromatic carbocycles. The van der Waals surface area contributed by atoms with E-state index in [4.69, 9.17) is 5.26 Å². The van der Waals surface area contributed by atoms with Gasteiger partial charge in [0.05, 0.1) is 34.8 Å². The molecule has 2 heterocycles. The Bertz CT molecular complexity index is 1120. The molecule has 1 aliphatic heterocycles. The summed E-state index contributed by atoms with van der Waals surface area (Å²) in [5.74, 6) is -0.235. The number of halogens is 1. The molecule has 1 amide bonds. The molecule has 7 heteroatoms. The largest absolute Gasteiger partial charge is 0.336 e. The molecule has 0 spiro atoms. The Hall–Kier alpha value is -3.50. The number of carbonyl (C=O) groups excluding carboxylic acids is 1. The van der Waals surface area contributed by atoms with E-state index in [9.17, 15) is 9.18 Å². The standard InChI is InChI=1S/C25H26FN5O/c1-18(2)24-23(16-28-31(24)22-9-7-21(26)8-10-22)25(32)30-13-11-29(12-14-30)17-20-5-3-19(15-27)4-6-20/h3-10,16,18H,11-14,17H2,1-2H3. The van der Waals surface area contributed by atoms with Crippen LogP contribution in [0.25, 0.3) is 5.69 Å². The molecule has 164 valence electrons. The van der Waals surface area contributed by atoms with Crippen molar-refractivity contribution in [3.8, 4) is 11.8 Å². The van der Waals surface area contributed by atoms with Crippen LogP contribution in [0.5, 0.6) is 0 Å². The van der Waals surface area contributed by atoms with E-state index in [-0.39, 0.29) is 17.6 Å². The number of hydrogen-bond acceptors (Lipinski definition) is 4. The number of benzene rings is 2. The third kappa shape index (κ3) is 4.56. The van der Waals surface area contributed by atoms with Gasteiger partial charge < -0.3 is 4.90 Å². The number of piperazine rings is 1. The zero-order chi connectivity index (χ0) is 22.7. The van der Waals surface area contributed by atoms with Gasteiger partial charge in [-0.2, -0.15) is 10.4 Å². The minimum atomic E-state index is -0.304. The van der Waals surface area contributed by atoms with Gasteiger partial charge in [-0.15, -0.1) is 0 Å². The summed E-state index contributed by atoms with van der Waals surface area (Å²) >= 11 is 0. The van der Waals surface area contributed by atoms with Crippen LogP contribution in [0.1, 0.15) is 46.9 Å². The minimum absolute atomic E-state index is 0.0138. The predicted octanol–water partition coefficient (Wildman–Crippen LogP) is 3.96. The van der Waals surface area contributed by atoms with Gasteiger partial charge in [0.1, 0.15) is 5.82 Å². The number of rotatable bonds is 5. The van der Waals surface area contributed by atoms with Crippen LogP contribution in [0.3, 0.4) is 0 Å². The maximum atomic E-state index is 13.3. The molecule has 4 rings (SSSR count). The van der Waals surface area contributed by atoms with E-state index in [2.05, 4.69) is 16.1 Å². The summed E-state index contributed by atoms with van der Waals surface area (Å²) in [6.07, 6.45) is 1.63. The molecule has 0 saturated carbocycles. The first-order chi connectivity index (χ1) is 15.5. The van der Waals surface area contributed by atoms with Crippen LogP contribution >= 0.6 is 0 Å². The quantitative estimate of drug-likeness (QED) is 0.613. The van der Waals surface area contributed by atoms with Crippen molar-refractivity contribution < 1.29 is 9.18 Å². The molecule has 0 bridgehead atoms. The topological polar surface area (TPSA) is 65.2 Å². The van der Waals surface area contributed by atoms with Crippen molar-refractivity contribution in [1.29, 1.82) is 5.26 Å². The van der Waals surface area contributed by atoms with Crippen molar-refractivity contribution in [3.63, 3.8) is 0 Å². The highest BCUT2D eigenvalue weighted by molar-refractivity contribution is 5.95. The van der Waals surface area contributed by atoms with E-state index in [0.717, 1.165) is 36.6 Å². The predicted molar refractivity (Wildman–Crippen MR) is 120 cm³/mol. The molecule has 1 saturated heterocycles. The smallest absolute Gasteiger partial charge is 0.257 e. The monoisotopic (exact) mass is 431 g/mol. The van der Waals surface area contributed by atoms with Crippen molar-refractivity contribution in [1.82, 2.24) is 19.6 Å². The molecule has 0 atom stereocenters. The molecule has 0 radical (unpaired) electrons. The molecule has 0 unspecified atom stereocenters. The fourth-order valence-corrected chi connectivity index (χ4v) is 4.09. The lowest BCUT2D eigenvalue weighted by atomic mass is 10.0. The Morgan fingerprint density at radius 2 is 1.72 bits per heavy atom. The second kappa shape index (κ2) is 9.33. The molecule has 1 fully saturated rings. The van der Waals surface area contributed by atoms with E-state index in [1.54, 1.807) is 23.0 Å². The maximum absolute atomic E-state index is 13.3. The van der Waals surface area contributed by atoms with Gasteiger partial charge in [-0.05, 0) is 47.9 Å². The third-order valence-corrected chi connectivity index (χ3v) is 5.80. The summed E-state index contributed by atoms with van der Waals surface area (Å²) in [6.45, 7) is 7.73. The summed E-state index contributed by atoms with van der Waals surface area (Å²) in [5, 5.41) is 13.4. The Morgan fingerprint density at radius 3 is 2.31 bits per heavy atom. The lowest BCUT2D eigenvalue weighted by Gasteiger charge is -2.35. The second-order valence-corrected chi connectivity index (χ2v) is 8.36. The first-order valence-corrected chi connectivity index (χ1v) is 10.8. The highest BCUT2D eigenvalue weighted by Gasteiger charge is 2.27. The van der Waals surface area contributed by atoms with Gasteiger partial charge in [-0.25, -0.2) is 9.07 Å². The molecule has 0 aliphatic carbocycles. The van der Waals surface area contributed by atoms with Gasteiger partial charge >= 0.3 is 0 Å². The van der Waals surface area contributed by atoms with Crippen LogP contribution in [0.2, 0.25) is 0 Å². The normalized spacial score (nSPS) is 14.5. The third-order valence-electron chi connectivity index (χ3n) is 5.80. The molecule has 6 nitrogen and oxygen atoms in total. The van der Waals surface area contributed by atoms with Gasteiger partial charge in [0, 0.05) is 32.7 Å². The van der Waals surface area contributed by atoms with Gasteiger partial charge in [-0.1, -0.05) is 26.0 Å². The van der Waals surface area contributed by atoms with E-state index >= 15 is 0 Å². The number of hydrogen-bond donors (Lipinski definition) is 0. The van der Waals surface area contributed by atoms with Crippen LogP contribution < -0.4 is 0 Å². The Kier molecular flexibility index (Phi) is 6.33. The van der Waals surface area contributed by atoms with Crippen molar-refractivity contribution in [2.75, 3.05) is 26.2 Å². The van der Waals surface area contributed by atoms with Crippen LogP contribution in [0.4, 0.5) is 4.39 Å². The maximum Gasteiger partial charge on any atom is 0.257 e. The molecular weight excluding hydrogens is 405 g/mol. The summed E-state index contributed by atoms with van der Waals surface area (Å²) in [7, 11) is 0. The first kappa shape index (κ1) is 21.7. The zero-order valence-corrected chi connectivity index (χ0v) is 18.3. The summed E-state index contributed by atoms with van der Waals surface area (Å²) in [6, 6.07) is 15.9. The van der Waals surface area contributed by atoms with Crippen molar-refractivity contribution in [2.24, 2.45) is 0 Å². The molecule has 3 aromatic rings. The average molecular weight is 432 g/mol. The summed E-state index contributed by atoms with van der Waals surface area (Å²) < 4.78 is 15.1. The van der Waals surface area contributed by atoms with E-state index in [1.807, 2.05) is 43.0 Å². The summed E-state index contributed by atoms with van der Waals surface area (Å²) in [5.41, 5.74) is 3.99. The lowest BCUT2D eigenvalue weighted by Crippen LogP contribution is -2.48. The first-order valence-electron chi connectivity index (χ1n) is 10.8. The molecule has 1 aliphatic rings.